The molecule has 0 spiro atoms. The van der Waals surface area contributed by atoms with Crippen LogP contribution in [-0.4, -0.2) is 38.6 Å². The van der Waals surface area contributed by atoms with Gasteiger partial charge in [0.05, 0.1) is 18.2 Å². The quantitative estimate of drug-likeness (QED) is 0.737. The van der Waals surface area contributed by atoms with Gasteiger partial charge < -0.3 is 20.1 Å². The third kappa shape index (κ3) is 5.07. The molecule has 0 aromatic heterocycles. The number of ether oxygens (including phenoxy) is 2. The van der Waals surface area contributed by atoms with Gasteiger partial charge in [-0.2, -0.15) is 0 Å². The van der Waals surface area contributed by atoms with Crippen LogP contribution >= 0.6 is 0 Å². The number of hydrogen-bond acceptors (Lipinski definition) is 6. The smallest absolute Gasteiger partial charge is 0.340 e. The van der Waals surface area contributed by atoms with Crippen molar-refractivity contribution in [1.29, 1.82) is 0 Å². The number of carbonyl (C=O) groups is 3. The van der Waals surface area contributed by atoms with Gasteiger partial charge in [-0.3, -0.25) is 4.79 Å². The van der Waals surface area contributed by atoms with Gasteiger partial charge in [-0.25, -0.2) is 9.59 Å². The topological polar surface area (TPSA) is 93.7 Å². The van der Waals surface area contributed by atoms with E-state index < -0.39 is 17.8 Å². The number of benzene rings is 2. The zero-order valence-corrected chi connectivity index (χ0v) is 14.6. The number of nitrogens with one attached hydrogen (secondary N) is 2. The highest BCUT2D eigenvalue weighted by Crippen LogP contribution is 2.15. The third-order valence-electron chi connectivity index (χ3n) is 3.62. The molecular weight excluding hydrogens is 336 g/mol. The van der Waals surface area contributed by atoms with Crippen molar-refractivity contribution in [2.75, 3.05) is 26.1 Å². The molecule has 0 heterocycles. The maximum atomic E-state index is 12.0. The molecule has 0 bridgehead atoms. The van der Waals surface area contributed by atoms with Crippen molar-refractivity contribution < 1.29 is 23.9 Å². The Bertz CT molecular complexity index is 787. The first kappa shape index (κ1) is 19.0. The molecule has 7 heteroatoms. The molecule has 0 saturated carbocycles. The Kier molecular flexibility index (Phi) is 6.73. The minimum atomic E-state index is -0.576. The van der Waals surface area contributed by atoms with E-state index in [0.29, 0.717) is 16.8 Å². The molecule has 2 rings (SSSR count). The Labute approximate surface area is 151 Å². The van der Waals surface area contributed by atoms with Crippen LogP contribution in [0.25, 0.3) is 0 Å². The lowest BCUT2D eigenvalue weighted by Crippen LogP contribution is -2.28. The summed E-state index contributed by atoms with van der Waals surface area (Å²) >= 11 is 0. The van der Waals surface area contributed by atoms with E-state index in [-0.39, 0.29) is 13.2 Å². The molecule has 0 unspecified atom stereocenters. The van der Waals surface area contributed by atoms with Crippen LogP contribution in [0.1, 0.15) is 26.3 Å². The monoisotopic (exact) mass is 356 g/mol. The summed E-state index contributed by atoms with van der Waals surface area (Å²) < 4.78 is 9.65. The van der Waals surface area contributed by atoms with E-state index in [1.54, 1.807) is 55.6 Å². The second-order valence-corrected chi connectivity index (χ2v) is 5.34. The summed E-state index contributed by atoms with van der Waals surface area (Å²) in [5.41, 5.74) is 2.22. The van der Waals surface area contributed by atoms with E-state index in [9.17, 15) is 14.4 Å². The van der Waals surface area contributed by atoms with E-state index >= 15 is 0 Å². The first-order valence-corrected chi connectivity index (χ1v) is 7.93. The first-order chi connectivity index (χ1) is 12.5. The first-order valence-electron chi connectivity index (χ1n) is 7.93. The predicted octanol–water partition coefficient (Wildman–Crippen LogP) is 1.99. The SMILES string of the molecule is CNc1ccccc1C(=O)OCC(=O)NCc1ccc(C(=O)OC)cc1. The summed E-state index contributed by atoms with van der Waals surface area (Å²) in [6.45, 7) is -0.123. The lowest BCUT2D eigenvalue weighted by Gasteiger charge is -2.09. The minimum Gasteiger partial charge on any atom is -0.465 e. The van der Waals surface area contributed by atoms with Gasteiger partial charge in [-0.1, -0.05) is 24.3 Å². The number of esters is 2. The van der Waals surface area contributed by atoms with E-state index in [1.807, 2.05) is 0 Å². The van der Waals surface area contributed by atoms with Gasteiger partial charge in [0.1, 0.15) is 0 Å². The van der Waals surface area contributed by atoms with Crippen molar-refractivity contribution in [3.8, 4) is 0 Å². The van der Waals surface area contributed by atoms with E-state index in [1.165, 1.54) is 7.11 Å². The lowest BCUT2D eigenvalue weighted by molar-refractivity contribution is -0.124. The fraction of sp³-hybridized carbons (Fsp3) is 0.211. The zero-order valence-electron chi connectivity index (χ0n) is 14.6. The Morgan fingerprint density at radius 3 is 2.31 bits per heavy atom. The number of methoxy groups -OCH3 is 1. The second kappa shape index (κ2) is 9.22. The van der Waals surface area contributed by atoms with Crippen molar-refractivity contribution in [2.45, 2.75) is 6.54 Å². The highest BCUT2D eigenvalue weighted by molar-refractivity contribution is 5.96. The number of amides is 1. The van der Waals surface area contributed by atoms with Gasteiger partial charge >= 0.3 is 11.9 Å². The third-order valence-corrected chi connectivity index (χ3v) is 3.62. The average Bonchev–Trinajstić information content (AvgIpc) is 2.70. The molecule has 0 aliphatic rings. The maximum absolute atomic E-state index is 12.0. The normalized spacial score (nSPS) is 9.92. The summed E-state index contributed by atoms with van der Waals surface area (Å²) in [6, 6.07) is 13.5. The summed E-state index contributed by atoms with van der Waals surface area (Å²) in [7, 11) is 3.01. The summed E-state index contributed by atoms with van der Waals surface area (Å²) in [5.74, 6) is -1.42. The molecule has 0 aliphatic heterocycles. The molecule has 0 aliphatic carbocycles. The van der Waals surface area contributed by atoms with Gasteiger partial charge in [0.15, 0.2) is 6.61 Å². The van der Waals surface area contributed by atoms with Crippen molar-refractivity contribution in [2.24, 2.45) is 0 Å². The molecule has 2 N–H and O–H groups in total. The molecule has 0 radical (unpaired) electrons. The number of para-hydroxylation sites is 1. The highest BCUT2D eigenvalue weighted by atomic mass is 16.5. The van der Waals surface area contributed by atoms with Crippen molar-refractivity contribution in [3.63, 3.8) is 0 Å². The molecule has 7 nitrogen and oxygen atoms in total. The number of carbonyl (C=O) groups excluding carboxylic acids is 3. The standard InChI is InChI=1S/C19H20N2O5/c1-20-16-6-4-3-5-15(16)19(24)26-12-17(22)21-11-13-7-9-14(10-8-13)18(23)25-2/h3-10,20H,11-12H2,1-2H3,(H,21,22). The van der Waals surface area contributed by atoms with Crippen LogP contribution in [0.15, 0.2) is 48.5 Å². The van der Waals surface area contributed by atoms with Crippen molar-refractivity contribution in [3.05, 3.63) is 65.2 Å². The number of hydrogen-bond donors (Lipinski definition) is 2. The van der Waals surface area contributed by atoms with Crippen molar-refractivity contribution in [1.82, 2.24) is 5.32 Å². The van der Waals surface area contributed by atoms with Gasteiger partial charge in [-0.05, 0) is 29.8 Å². The molecule has 0 fully saturated rings. The predicted molar refractivity (Wildman–Crippen MR) is 95.9 cm³/mol. The molecular formula is C19H20N2O5. The van der Waals surface area contributed by atoms with Crippen LogP contribution in [-0.2, 0) is 20.8 Å². The van der Waals surface area contributed by atoms with Gasteiger partial charge in [0, 0.05) is 19.3 Å². The van der Waals surface area contributed by atoms with Crippen LogP contribution in [0.2, 0.25) is 0 Å². The number of anilines is 1. The minimum absolute atomic E-state index is 0.255. The molecule has 26 heavy (non-hydrogen) atoms. The summed E-state index contributed by atoms with van der Waals surface area (Å²) in [6.07, 6.45) is 0. The highest BCUT2D eigenvalue weighted by Gasteiger charge is 2.13. The molecule has 0 saturated heterocycles. The number of rotatable bonds is 7. The molecule has 2 aromatic carbocycles. The van der Waals surface area contributed by atoms with Gasteiger partial charge in [0.25, 0.3) is 5.91 Å². The van der Waals surface area contributed by atoms with Gasteiger partial charge in [0.2, 0.25) is 0 Å². The Morgan fingerprint density at radius 2 is 1.65 bits per heavy atom. The maximum Gasteiger partial charge on any atom is 0.340 e. The Hall–Kier alpha value is -3.35. The molecule has 1 amide bonds. The van der Waals surface area contributed by atoms with Crippen LogP contribution in [0.4, 0.5) is 5.69 Å². The fourth-order valence-electron chi connectivity index (χ4n) is 2.22. The van der Waals surface area contributed by atoms with E-state index in [2.05, 4.69) is 15.4 Å². The van der Waals surface area contributed by atoms with Gasteiger partial charge in [-0.15, -0.1) is 0 Å². The Morgan fingerprint density at radius 1 is 0.962 bits per heavy atom. The van der Waals surface area contributed by atoms with Crippen LogP contribution in [0.5, 0.6) is 0 Å². The van der Waals surface area contributed by atoms with Crippen LogP contribution in [0, 0.1) is 0 Å². The molecule has 2 aromatic rings. The summed E-state index contributed by atoms with van der Waals surface area (Å²) in [5, 5.41) is 5.54. The zero-order chi connectivity index (χ0) is 18.9. The summed E-state index contributed by atoms with van der Waals surface area (Å²) in [4.78, 5) is 35.3. The van der Waals surface area contributed by atoms with E-state index in [4.69, 9.17) is 4.74 Å². The van der Waals surface area contributed by atoms with Crippen LogP contribution < -0.4 is 10.6 Å². The second-order valence-electron chi connectivity index (χ2n) is 5.34. The Balaban J connectivity index is 1.82. The van der Waals surface area contributed by atoms with Crippen molar-refractivity contribution >= 4 is 23.5 Å². The molecule has 136 valence electrons. The molecule has 0 atom stereocenters. The average molecular weight is 356 g/mol. The van der Waals surface area contributed by atoms with Crippen LogP contribution in [0.3, 0.4) is 0 Å². The fourth-order valence-corrected chi connectivity index (χ4v) is 2.22. The largest absolute Gasteiger partial charge is 0.465 e. The lowest BCUT2D eigenvalue weighted by atomic mass is 10.1. The van der Waals surface area contributed by atoms with E-state index in [0.717, 1.165) is 5.56 Å².